The highest BCUT2D eigenvalue weighted by atomic mass is 19.1. The normalized spacial score (nSPS) is 17.8. The molecule has 9 nitrogen and oxygen atoms in total. The summed E-state index contributed by atoms with van der Waals surface area (Å²) in [7, 11) is 0. The van der Waals surface area contributed by atoms with Crippen LogP contribution in [0.3, 0.4) is 0 Å². The van der Waals surface area contributed by atoms with Gasteiger partial charge in [0.1, 0.15) is 17.6 Å². The number of pyridine rings is 2. The highest BCUT2D eigenvalue weighted by molar-refractivity contribution is 5.93. The Labute approximate surface area is 215 Å². The summed E-state index contributed by atoms with van der Waals surface area (Å²) in [5.41, 5.74) is 3.21. The van der Waals surface area contributed by atoms with Crippen molar-refractivity contribution in [2.45, 2.75) is 71.6 Å². The van der Waals surface area contributed by atoms with Crippen molar-refractivity contribution < 1.29 is 9.13 Å². The summed E-state index contributed by atoms with van der Waals surface area (Å²) in [5, 5.41) is 12.5. The zero-order valence-corrected chi connectivity index (χ0v) is 21.7. The first-order valence-electron chi connectivity index (χ1n) is 12.9. The topological polar surface area (TPSA) is 103 Å². The van der Waals surface area contributed by atoms with Crippen LogP contribution in [0.15, 0.2) is 36.9 Å². The van der Waals surface area contributed by atoms with E-state index < -0.39 is 0 Å². The third-order valence-electron chi connectivity index (χ3n) is 6.61. The van der Waals surface area contributed by atoms with Crippen LogP contribution in [0.1, 0.15) is 58.1 Å². The van der Waals surface area contributed by atoms with Gasteiger partial charge in [-0.2, -0.15) is 5.10 Å². The van der Waals surface area contributed by atoms with E-state index >= 15 is 0 Å². The number of hydrogen-bond donors (Lipinski definition) is 2. The molecule has 2 N–H and O–H groups in total. The fourth-order valence-corrected chi connectivity index (χ4v) is 4.75. The fraction of sp³-hybridized carbons (Fsp3) is 0.444. The zero-order valence-electron chi connectivity index (χ0n) is 21.7. The average Bonchev–Trinajstić information content (AvgIpc) is 3.26. The molecule has 0 aliphatic heterocycles. The molecule has 1 aliphatic rings. The Hall–Kier alpha value is -3.82. The summed E-state index contributed by atoms with van der Waals surface area (Å²) in [4.78, 5) is 17.6. The number of hydrogen-bond acceptors (Lipinski definition) is 8. The van der Waals surface area contributed by atoms with Crippen molar-refractivity contribution in [3.63, 3.8) is 0 Å². The maximum atomic E-state index is 14.4. The minimum atomic E-state index is -0.382. The molecule has 0 spiro atoms. The van der Waals surface area contributed by atoms with Crippen LogP contribution >= 0.6 is 0 Å². The molecule has 1 saturated carbocycles. The summed E-state index contributed by atoms with van der Waals surface area (Å²) < 4.78 is 22.4. The van der Waals surface area contributed by atoms with Crippen LogP contribution in [0.4, 0.5) is 16.2 Å². The predicted octanol–water partition coefficient (Wildman–Crippen LogP) is 5.55. The minimum Gasteiger partial charge on any atom is -0.472 e. The number of nitrogens with zero attached hydrogens (tertiary/aromatic N) is 6. The molecule has 194 valence electrons. The van der Waals surface area contributed by atoms with Crippen LogP contribution in [0.25, 0.3) is 22.2 Å². The van der Waals surface area contributed by atoms with Crippen LogP contribution in [-0.2, 0) is 0 Å². The molecule has 0 amide bonds. The lowest BCUT2D eigenvalue weighted by molar-refractivity contribution is 0.120. The van der Waals surface area contributed by atoms with Crippen LogP contribution < -0.4 is 15.4 Å². The van der Waals surface area contributed by atoms with Gasteiger partial charge in [-0.1, -0.05) is 0 Å². The van der Waals surface area contributed by atoms with E-state index in [0.717, 1.165) is 60.2 Å². The van der Waals surface area contributed by atoms with E-state index in [-0.39, 0.29) is 29.9 Å². The summed E-state index contributed by atoms with van der Waals surface area (Å²) in [6, 6.07) is 4.14. The predicted molar refractivity (Wildman–Crippen MR) is 142 cm³/mol. The second-order valence-corrected chi connectivity index (χ2v) is 9.80. The Balaban J connectivity index is 1.41. The lowest BCUT2D eigenvalue weighted by Crippen LogP contribution is -2.27. The van der Waals surface area contributed by atoms with Gasteiger partial charge in [0.25, 0.3) is 5.88 Å². The van der Waals surface area contributed by atoms with E-state index in [9.17, 15) is 4.39 Å². The van der Waals surface area contributed by atoms with Gasteiger partial charge in [-0.05, 0) is 65.0 Å². The fourth-order valence-electron chi connectivity index (χ4n) is 4.75. The van der Waals surface area contributed by atoms with Gasteiger partial charge in [-0.3, -0.25) is 4.68 Å². The third kappa shape index (κ3) is 5.33. The van der Waals surface area contributed by atoms with Gasteiger partial charge < -0.3 is 15.4 Å². The summed E-state index contributed by atoms with van der Waals surface area (Å²) in [6.45, 7) is 8.65. The van der Waals surface area contributed by atoms with Crippen molar-refractivity contribution in [3.8, 4) is 17.1 Å². The number of fused-ring (bicyclic) bond motifs is 1. The number of aromatic nitrogens is 6. The molecular weight excluding hydrogens is 471 g/mol. The van der Waals surface area contributed by atoms with Crippen molar-refractivity contribution in [1.82, 2.24) is 29.7 Å². The van der Waals surface area contributed by atoms with Gasteiger partial charge in [-0.15, -0.1) is 0 Å². The molecule has 5 rings (SSSR count). The van der Waals surface area contributed by atoms with Crippen LogP contribution in [0.2, 0.25) is 0 Å². The second-order valence-electron chi connectivity index (χ2n) is 9.80. The Morgan fingerprint density at radius 1 is 1.08 bits per heavy atom. The van der Waals surface area contributed by atoms with Gasteiger partial charge in [-0.25, -0.2) is 24.3 Å². The second kappa shape index (κ2) is 10.7. The Morgan fingerprint density at radius 3 is 2.54 bits per heavy atom. The number of halogens is 1. The van der Waals surface area contributed by atoms with Crippen LogP contribution in [0.5, 0.6) is 5.88 Å². The van der Waals surface area contributed by atoms with Crippen LogP contribution in [-0.4, -0.2) is 48.4 Å². The zero-order chi connectivity index (χ0) is 25.9. The first-order chi connectivity index (χ1) is 17.9. The van der Waals surface area contributed by atoms with Crippen molar-refractivity contribution in [3.05, 3.63) is 48.3 Å². The van der Waals surface area contributed by atoms with E-state index in [1.54, 1.807) is 31.6 Å². The highest BCUT2D eigenvalue weighted by Gasteiger charge is 2.28. The molecule has 0 bridgehead atoms. The molecule has 4 aromatic rings. The summed E-state index contributed by atoms with van der Waals surface area (Å²) >= 11 is 0. The number of ether oxygens (including phenoxy) is 1. The molecule has 10 heteroatoms. The minimum absolute atomic E-state index is 0.0743. The lowest BCUT2D eigenvalue weighted by Gasteiger charge is -2.29. The highest BCUT2D eigenvalue weighted by Crippen LogP contribution is 2.36. The maximum Gasteiger partial charge on any atom is 0.250 e. The Bertz CT molecular complexity index is 1360. The molecule has 0 saturated heterocycles. The summed E-state index contributed by atoms with van der Waals surface area (Å²) in [6.07, 6.45) is 10.3. The van der Waals surface area contributed by atoms with Crippen molar-refractivity contribution in [2.75, 3.05) is 17.2 Å². The maximum absolute atomic E-state index is 14.4. The smallest absolute Gasteiger partial charge is 0.250 e. The van der Waals surface area contributed by atoms with E-state index in [0.29, 0.717) is 11.5 Å². The molecule has 0 radical (unpaired) electrons. The monoisotopic (exact) mass is 504 g/mol. The van der Waals surface area contributed by atoms with E-state index in [1.165, 1.54) is 0 Å². The average molecular weight is 505 g/mol. The number of nitrogens with one attached hydrogen (secondary N) is 2. The summed E-state index contributed by atoms with van der Waals surface area (Å²) in [5.74, 6) is 1.11. The first-order valence-corrected chi connectivity index (χ1v) is 12.9. The van der Waals surface area contributed by atoms with Gasteiger partial charge in [0.05, 0.1) is 11.6 Å². The van der Waals surface area contributed by atoms with Gasteiger partial charge in [0.2, 0.25) is 5.95 Å². The molecule has 37 heavy (non-hydrogen) atoms. The third-order valence-corrected chi connectivity index (χ3v) is 6.61. The van der Waals surface area contributed by atoms with Crippen LogP contribution in [0, 0.1) is 12.7 Å². The van der Waals surface area contributed by atoms with Crippen molar-refractivity contribution >= 4 is 22.7 Å². The lowest BCUT2D eigenvalue weighted by atomic mass is 9.93. The molecule has 1 fully saturated rings. The van der Waals surface area contributed by atoms with Gasteiger partial charge in [0, 0.05) is 54.4 Å². The Morgan fingerprint density at radius 2 is 1.84 bits per heavy atom. The SMILES string of the molecule is CCNc1cc2c(cn1)c(-c1cnc(NC(C)C)nc1)nn2C1CCC(Oc2nccc(C)c2F)CC1. The first kappa shape index (κ1) is 24.9. The molecule has 0 unspecified atom stereocenters. The number of rotatable bonds is 8. The van der Waals surface area contributed by atoms with E-state index in [4.69, 9.17) is 9.84 Å². The number of anilines is 2. The molecular formula is C27H33FN8O. The molecule has 4 heterocycles. The molecule has 4 aromatic heterocycles. The van der Waals surface area contributed by atoms with E-state index in [2.05, 4.69) is 41.3 Å². The largest absolute Gasteiger partial charge is 0.472 e. The molecule has 1 aliphatic carbocycles. The standard InChI is InChI=1S/C27H33FN8O/c1-5-29-23-12-22-21(15-31-23)25(18-13-32-27(33-14-18)34-16(2)3)35-36(22)19-6-8-20(9-7-19)37-26-24(28)17(4)10-11-30-26/h10-16,19-20H,5-9H2,1-4H3,(H,29,31)(H,32,33,34). The Kier molecular flexibility index (Phi) is 7.16. The van der Waals surface area contributed by atoms with Gasteiger partial charge >= 0.3 is 0 Å². The number of aryl methyl sites for hydroxylation is 1. The quantitative estimate of drug-likeness (QED) is 0.322. The molecule has 0 atom stereocenters. The van der Waals surface area contributed by atoms with Crippen molar-refractivity contribution in [2.24, 2.45) is 0 Å². The van der Waals surface area contributed by atoms with E-state index in [1.807, 2.05) is 27.0 Å². The molecule has 0 aromatic carbocycles. The van der Waals surface area contributed by atoms with Gasteiger partial charge in [0.15, 0.2) is 5.82 Å². The van der Waals surface area contributed by atoms with Crippen molar-refractivity contribution in [1.29, 1.82) is 0 Å².